The monoisotopic (exact) mass is 282 g/mol. The lowest BCUT2D eigenvalue weighted by atomic mass is 10.2. The van der Waals surface area contributed by atoms with Crippen molar-refractivity contribution < 1.29 is 0 Å². The number of hydrogen-bond donors (Lipinski definition) is 0. The highest BCUT2D eigenvalue weighted by atomic mass is 79.9. The molecule has 2 aromatic rings. The van der Waals surface area contributed by atoms with E-state index in [0.29, 0.717) is 0 Å². The number of nitrogens with zero attached hydrogens (tertiary/aromatic N) is 2. The molecule has 4 heteroatoms. The average molecular weight is 283 g/mol. The van der Waals surface area contributed by atoms with Crippen LogP contribution in [0.4, 0.5) is 0 Å². The average Bonchev–Trinajstić information content (AvgIpc) is 2.69. The highest BCUT2D eigenvalue weighted by Crippen LogP contribution is 2.24. The molecule has 0 N–H and O–H groups in total. The minimum atomic E-state index is 0.804. The molecule has 0 radical (unpaired) electrons. The first kappa shape index (κ1) is 10.8. The van der Waals surface area contributed by atoms with Gasteiger partial charge >= 0.3 is 0 Å². The molecule has 2 heterocycles. The van der Waals surface area contributed by atoms with E-state index >= 15 is 0 Å². The molecule has 0 spiro atoms. The summed E-state index contributed by atoms with van der Waals surface area (Å²) in [6.07, 6.45) is 0.955. The molecule has 0 aliphatic carbocycles. The largest absolute Gasteiger partial charge is 0.233 e. The molecule has 0 aliphatic heterocycles. The molecule has 78 valence electrons. The predicted molar refractivity (Wildman–Crippen MR) is 67.2 cm³/mol. The Morgan fingerprint density at radius 1 is 1.40 bits per heavy atom. The summed E-state index contributed by atoms with van der Waals surface area (Å²) in [6, 6.07) is 2.04. The van der Waals surface area contributed by atoms with Crippen molar-refractivity contribution in [2.75, 3.05) is 0 Å². The Morgan fingerprint density at radius 3 is 2.73 bits per heavy atom. The van der Waals surface area contributed by atoms with Gasteiger partial charge in [-0.3, -0.25) is 0 Å². The zero-order valence-corrected chi connectivity index (χ0v) is 11.0. The van der Waals surface area contributed by atoms with Crippen LogP contribution in [0.3, 0.4) is 0 Å². The van der Waals surface area contributed by atoms with Crippen LogP contribution in [0.25, 0.3) is 11.4 Å². The Kier molecular flexibility index (Phi) is 3.17. The zero-order valence-electron chi connectivity index (χ0n) is 8.62. The first-order chi connectivity index (χ1) is 7.22. The first-order valence-electron chi connectivity index (χ1n) is 4.78. The van der Waals surface area contributed by atoms with E-state index in [0.717, 1.165) is 28.1 Å². The van der Waals surface area contributed by atoms with E-state index in [-0.39, 0.29) is 0 Å². The molecular weight excluding hydrogens is 272 g/mol. The molecule has 15 heavy (non-hydrogen) atoms. The molecule has 0 fully saturated rings. The summed E-state index contributed by atoms with van der Waals surface area (Å²) in [7, 11) is 0. The maximum absolute atomic E-state index is 4.51. The quantitative estimate of drug-likeness (QED) is 0.783. The minimum absolute atomic E-state index is 0.804. The molecular formula is C11H11BrN2S. The van der Waals surface area contributed by atoms with E-state index in [2.05, 4.69) is 38.2 Å². The van der Waals surface area contributed by atoms with E-state index in [1.807, 2.05) is 18.4 Å². The van der Waals surface area contributed by atoms with Gasteiger partial charge in [0.25, 0.3) is 0 Å². The third-order valence-corrected chi connectivity index (χ3v) is 3.64. The van der Waals surface area contributed by atoms with Crippen molar-refractivity contribution in [3.05, 3.63) is 32.7 Å². The van der Waals surface area contributed by atoms with Crippen LogP contribution in [0.1, 0.15) is 18.2 Å². The minimum Gasteiger partial charge on any atom is -0.233 e. The zero-order chi connectivity index (χ0) is 10.8. The number of rotatable bonds is 2. The van der Waals surface area contributed by atoms with E-state index in [1.165, 1.54) is 5.56 Å². The Hall–Kier alpha value is -0.740. The fraction of sp³-hybridized carbons (Fsp3) is 0.273. The number of halogens is 1. The van der Waals surface area contributed by atoms with E-state index in [4.69, 9.17) is 0 Å². The van der Waals surface area contributed by atoms with Crippen LogP contribution in [-0.2, 0) is 6.42 Å². The van der Waals surface area contributed by atoms with Gasteiger partial charge in [0.15, 0.2) is 5.82 Å². The van der Waals surface area contributed by atoms with Crippen molar-refractivity contribution in [2.24, 2.45) is 0 Å². The second-order valence-corrected chi connectivity index (χ2v) is 4.80. The third kappa shape index (κ3) is 2.11. The fourth-order valence-corrected chi connectivity index (χ4v) is 2.85. The summed E-state index contributed by atoms with van der Waals surface area (Å²) in [4.78, 5) is 8.97. The van der Waals surface area contributed by atoms with Crippen molar-refractivity contribution in [1.29, 1.82) is 0 Å². The highest BCUT2D eigenvalue weighted by molar-refractivity contribution is 9.10. The molecule has 0 aliphatic rings. The van der Waals surface area contributed by atoms with Gasteiger partial charge in [-0.1, -0.05) is 6.92 Å². The second kappa shape index (κ2) is 4.41. The van der Waals surface area contributed by atoms with E-state index < -0.39 is 0 Å². The lowest BCUT2D eigenvalue weighted by Crippen LogP contribution is -1.98. The van der Waals surface area contributed by atoms with Gasteiger partial charge in [-0.15, -0.1) is 0 Å². The van der Waals surface area contributed by atoms with Gasteiger partial charge in [0.2, 0.25) is 0 Å². The summed E-state index contributed by atoms with van der Waals surface area (Å²) in [5, 5.41) is 4.10. The maximum atomic E-state index is 4.51. The van der Waals surface area contributed by atoms with Crippen LogP contribution < -0.4 is 0 Å². The van der Waals surface area contributed by atoms with Crippen LogP contribution in [-0.4, -0.2) is 9.97 Å². The predicted octanol–water partition coefficient (Wildman–Crippen LogP) is 3.84. The number of aryl methyl sites for hydroxylation is 1. The van der Waals surface area contributed by atoms with Gasteiger partial charge in [-0.05, 0) is 40.7 Å². The van der Waals surface area contributed by atoms with E-state index in [9.17, 15) is 0 Å². The Morgan fingerprint density at radius 2 is 2.20 bits per heavy atom. The normalized spacial score (nSPS) is 10.6. The molecule has 0 saturated heterocycles. The number of aromatic nitrogens is 2. The Labute approximate surface area is 102 Å². The molecule has 2 aromatic heterocycles. The standard InChI is InChI=1S/C11H11BrN2S/c1-3-9-7(2)13-11(14-10(9)12)8-4-5-15-6-8/h4-6H,3H2,1-2H3. The van der Waals surface area contributed by atoms with Gasteiger partial charge in [0, 0.05) is 22.2 Å². The summed E-state index contributed by atoms with van der Waals surface area (Å²) in [6.45, 7) is 4.14. The summed E-state index contributed by atoms with van der Waals surface area (Å²) < 4.78 is 0.915. The molecule has 0 aromatic carbocycles. The lowest BCUT2D eigenvalue weighted by Gasteiger charge is -2.06. The topological polar surface area (TPSA) is 25.8 Å². The maximum Gasteiger partial charge on any atom is 0.161 e. The highest BCUT2D eigenvalue weighted by Gasteiger charge is 2.09. The van der Waals surface area contributed by atoms with Gasteiger partial charge in [0.1, 0.15) is 4.60 Å². The van der Waals surface area contributed by atoms with E-state index in [1.54, 1.807) is 11.3 Å². The smallest absolute Gasteiger partial charge is 0.161 e. The first-order valence-corrected chi connectivity index (χ1v) is 6.51. The van der Waals surface area contributed by atoms with Gasteiger partial charge in [0.05, 0.1) is 0 Å². The SMILES string of the molecule is CCc1c(C)nc(-c2ccsc2)nc1Br. The molecule has 2 rings (SSSR count). The fourth-order valence-electron chi connectivity index (χ4n) is 1.48. The van der Waals surface area contributed by atoms with Crippen molar-refractivity contribution in [3.63, 3.8) is 0 Å². The van der Waals surface area contributed by atoms with Crippen molar-refractivity contribution in [3.8, 4) is 11.4 Å². The van der Waals surface area contributed by atoms with Crippen molar-refractivity contribution >= 4 is 27.3 Å². The second-order valence-electron chi connectivity index (χ2n) is 3.27. The lowest BCUT2D eigenvalue weighted by molar-refractivity contribution is 0.982. The molecule has 0 amide bonds. The van der Waals surface area contributed by atoms with Crippen LogP contribution in [0, 0.1) is 6.92 Å². The van der Waals surface area contributed by atoms with Crippen LogP contribution in [0.15, 0.2) is 21.4 Å². The number of hydrogen-bond acceptors (Lipinski definition) is 3. The van der Waals surface area contributed by atoms with Crippen LogP contribution >= 0.6 is 27.3 Å². The van der Waals surface area contributed by atoms with Gasteiger partial charge < -0.3 is 0 Å². The van der Waals surface area contributed by atoms with Gasteiger partial charge in [-0.2, -0.15) is 11.3 Å². The molecule has 2 nitrogen and oxygen atoms in total. The summed E-state index contributed by atoms with van der Waals surface area (Å²) in [5.41, 5.74) is 3.33. The third-order valence-electron chi connectivity index (χ3n) is 2.30. The molecule has 0 bridgehead atoms. The summed E-state index contributed by atoms with van der Waals surface area (Å²) in [5.74, 6) is 0.804. The summed E-state index contributed by atoms with van der Waals surface area (Å²) >= 11 is 5.16. The molecule has 0 saturated carbocycles. The van der Waals surface area contributed by atoms with Crippen LogP contribution in [0.2, 0.25) is 0 Å². The Bertz CT molecular complexity index is 442. The molecule has 0 unspecified atom stereocenters. The van der Waals surface area contributed by atoms with Gasteiger partial charge in [-0.25, -0.2) is 9.97 Å². The van der Waals surface area contributed by atoms with Crippen LogP contribution in [0.5, 0.6) is 0 Å². The Balaban J connectivity index is 2.53. The number of thiophene rings is 1. The molecule has 0 atom stereocenters. The van der Waals surface area contributed by atoms with Crippen molar-refractivity contribution in [2.45, 2.75) is 20.3 Å². The van der Waals surface area contributed by atoms with Crippen molar-refractivity contribution in [1.82, 2.24) is 9.97 Å².